The van der Waals surface area contributed by atoms with Gasteiger partial charge < -0.3 is 0 Å². The van der Waals surface area contributed by atoms with Crippen LogP contribution in [0.5, 0.6) is 0 Å². The fraction of sp³-hybridized carbons (Fsp3) is 0.625. The van der Waals surface area contributed by atoms with Gasteiger partial charge in [-0.1, -0.05) is 0 Å². The maximum Gasteiger partial charge on any atom is 0.208 e. The zero-order valence-electron chi connectivity index (χ0n) is 7.95. The van der Waals surface area contributed by atoms with E-state index in [1.807, 2.05) is 0 Å². The first kappa shape index (κ1) is 9.67. The molecular formula is C8H13N3O2S. The van der Waals surface area contributed by atoms with E-state index in [1.54, 1.807) is 6.20 Å². The number of aromatic amines is 1. The van der Waals surface area contributed by atoms with Crippen LogP contribution in [0.2, 0.25) is 0 Å². The summed E-state index contributed by atoms with van der Waals surface area (Å²) in [4.78, 5) is 0. The molecule has 0 saturated carbocycles. The van der Waals surface area contributed by atoms with Gasteiger partial charge in [0.1, 0.15) is 0 Å². The second kappa shape index (κ2) is 3.36. The number of aryl methyl sites for hydroxylation is 1. The lowest BCUT2D eigenvalue weighted by molar-refractivity contribution is 0.508. The lowest BCUT2D eigenvalue weighted by Crippen LogP contribution is -2.37. The predicted molar refractivity (Wildman–Crippen MR) is 52.4 cm³/mol. The predicted octanol–water partition coefficient (Wildman–Crippen LogP) is -0.184. The molecule has 1 aliphatic carbocycles. The molecule has 1 aromatic heterocycles. The molecule has 0 amide bonds. The molecule has 1 heterocycles. The molecule has 0 unspecified atom stereocenters. The number of nitrogens with zero attached hydrogens (tertiary/aromatic N) is 1. The Morgan fingerprint density at radius 1 is 1.64 bits per heavy atom. The number of nitrogens with one attached hydrogen (secondary N) is 2. The van der Waals surface area contributed by atoms with Gasteiger partial charge in [0.05, 0.1) is 12.5 Å². The van der Waals surface area contributed by atoms with E-state index in [1.165, 1.54) is 6.26 Å². The van der Waals surface area contributed by atoms with Gasteiger partial charge in [-0.05, 0) is 24.8 Å². The smallest absolute Gasteiger partial charge is 0.208 e. The number of aromatic nitrogens is 2. The summed E-state index contributed by atoms with van der Waals surface area (Å²) in [5.41, 5.74) is 2.26. The Morgan fingerprint density at radius 2 is 2.43 bits per heavy atom. The minimum atomic E-state index is -3.09. The topological polar surface area (TPSA) is 74.8 Å². The van der Waals surface area contributed by atoms with Crippen molar-refractivity contribution in [3.05, 3.63) is 17.5 Å². The summed E-state index contributed by atoms with van der Waals surface area (Å²) in [6.45, 7) is 0. The summed E-state index contributed by atoms with van der Waals surface area (Å²) < 4.78 is 24.6. The maximum atomic E-state index is 11.0. The fourth-order valence-corrected chi connectivity index (χ4v) is 2.63. The van der Waals surface area contributed by atoms with Gasteiger partial charge in [0.25, 0.3) is 0 Å². The zero-order chi connectivity index (χ0) is 10.2. The van der Waals surface area contributed by atoms with Crippen molar-refractivity contribution < 1.29 is 8.42 Å². The minimum absolute atomic E-state index is 0.0232. The molecule has 0 fully saturated rings. The van der Waals surface area contributed by atoms with Crippen LogP contribution in [0.1, 0.15) is 17.7 Å². The van der Waals surface area contributed by atoms with Crippen molar-refractivity contribution in [1.82, 2.24) is 14.9 Å². The largest absolute Gasteiger partial charge is 0.282 e. The number of sulfonamides is 1. The normalized spacial score (nSPS) is 21.9. The lowest BCUT2D eigenvalue weighted by atomic mass is 9.94. The monoisotopic (exact) mass is 215 g/mol. The standard InChI is InChI=1S/C8H13N3O2S/c1-14(12,13)11-7-2-3-8-6(4-7)5-9-10-8/h5,7,11H,2-4H2,1H3,(H,9,10)/t7-/m0/s1. The maximum absolute atomic E-state index is 11.0. The van der Waals surface area contributed by atoms with E-state index in [9.17, 15) is 8.42 Å². The molecule has 5 nitrogen and oxygen atoms in total. The number of hydrogen-bond donors (Lipinski definition) is 2. The molecule has 14 heavy (non-hydrogen) atoms. The molecule has 2 rings (SSSR count). The Hall–Kier alpha value is -0.880. The molecule has 78 valence electrons. The fourth-order valence-electron chi connectivity index (χ4n) is 1.82. The van der Waals surface area contributed by atoms with Crippen molar-refractivity contribution in [3.63, 3.8) is 0 Å². The third-order valence-corrected chi connectivity index (χ3v) is 3.16. The molecule has 1 aliphatic rings. The number of H-pyrrole nitrogens is 1. The van der Waals surface area contributed by atoms with Crippen LogP contribution in [0.4, 0.5) is 0 Å². The first-order valence-electron chi connectivity index (χ1n) is 4.53. The summed E-state index contributed by atoms with van der Waals surface area (Å²) in [7, 11) is -3.09. The van der Waals surface area contributed by atoms with Gasteiger partial charge in [-0.15, -0.1) is 0 Å². The average Bonchev–Trinajstić information content (AvgIpc) is 2.47. The van der Waals surface area contributed by atoms with Crippen LogP contribution in [0.15, 0.2) is 6.20 Å². The van der Waals surface area contributed by atoms with E-state index in [4.69, 9.17) is 0 Å². The van der Waals surface area contributed by atoms with E-state index in [0.29, 0.717) is 0 Å². The Morgan fingerprint density at radius 3 is 3.14 bits per heavy atom. The number of rotatable bonds is 2. The van der Waals surface area contributed by atoms with E-state index in [0.717, 1.165) is 30.5 Å². The Labute approximate surface area is 83.0 Å². The van der Waals surface area contributed by atoms with Gasteiger partial charge in [0.15, 0.2) is 0 Å². The molecule has 0 aromatic carbocycles. The molecule has 1 aromatic rings. The van der Waals surface area contributed by atoms with Gasteiger partial charge in [-0.2, -0.15) is 5.10 Å². The third kappa shape index (κ3) is 2.13. The quantitative estimate of drug-likeness (QED) is 0.718. The highest BCUT2D eigenvalue weighted by Gasteiger charge is 2.21. The van der Waals surface area contributed by atoms with E-state index in [2.05, 4.69) is 14.9 Å². The second-order valence-electron chi connectivity index (χ2n) is 3.70. The molecule has 0 radical (unpaired) electrons. The number of hydrogen-bond acceptors (Lipinski definition) is 3. The highest BCUT2D eigenvalue weighted by Crippen LogP contribution is 2.18. The summed E-state index contributed by atoms with van der Waals surface area (Å²) in [6.07, 6.45) is 5.40. The molecule has 0 bridgehead atoms. The van der Waals surface area contributed by atoms with Gasteiger partial charge in [-0.25, -0.2) is 13.1 Å². The van der Waals surface area contributed by atoms with Gasteiger partial charge >= 0.3 is 0 Å². The van der Waals surface area contributed by atoms with Crippen LogP contribution in [0, 0.1) is 0 Å². The first-order valence-corrected chi connectivity index (χ1v) is 6.42. The molecule has 2 N–H and O–H groups in total. The third-order valence-electron chi connectivity index (χ3n) is 2.40. The van der Waals surface area contributed by atoms with Crippen LogP contribution in [0.3, 0.4) is 0 Å². The second-order valence-corrected chi connectivity index (χ2v) is 5.48. The minimum Gasteiger partial charge on any atom is -0.282 e. The summed E-state index contributed by atoms with van der Waals surface area (Å²) in [5.74, 6) is 0. The molecular weight excluding hydrogens is 202 g/mol. The zero-order valence-corrected chi connectivity index (χ0v) is 8.76. The van der Waals surface area contributed by atoms with Crippen LogP contribution in [-0.4, -0.2) is 30.9 Å². The van der Waals surface area contributed by atoms with Crippen molar-refractivity contribution in [2.24, 2.45) is 0 Å². The number of fused-ring (bicyclic) bond motifs is 1. The first-order chi connectivity index (χ1) is 6.54. The van der Waals surface area contributed by atoms with Crippen LogP contribution in [-0.2, 0) is 22.9 Å². The van der Waals surface area contributed by atoms with Gasteiger partial charge in [0.2, 0.25) is 10.0 Å². The molecule has 6 heteroatoms. The van der Waals surface area contributed by atoms with Crippen molar-refractivity contribution in [3.8, 4) is 0 Å². The summed E-state index contributed by atoms with van der Waals surface area (Å²) in [5, 5.41) is 6.85. The molecule has 0 spiro atoms. The highest BCUT2D eigenvalue weighted by atomic mass is 32.2. The van der Waals surface area contributed by atoms with Crippen molar-refractivity contribution >= 4 is 10.0 Å². The Kier molecular flexibility index (Phi) is 2.32. The summed E-state index contributed by atoms with van der Waals surface area (Å²) >= 11 is 0. The molecule has 0 aliphatic heterocycles. The van der Waals surface area contributed by atoms with Gasteiger partial charge in [0, 0.05) is 11.7 Å². The van der Waals surface area contributed by atoms with Crippen molar-refractivity contribution in [2.75, 3.05) is 6.26 Å². The highest BCUT2D eigenvalue weighted by molar-refractivity contribution is 7.88. The van der Waals surface area contributed by atoms with Crippen molar-refractivity contribution in [1.29, 1.82) is 0 Å². The van der Waals surface area contributed by atoms with E-state index in [-0.39, 0.29) is 6.04 Å². The lowest BCUT2D eigenvalue weighted by Gasteiger charge is -2.21. The van der Waals surface area contributed by atoms with Crippen LogP contribution >= 0.6 is 0 Å². The molecule has 1 atom stereocenters. The van der Waals surface area contributed by atoms with Crippen molar-refractivity contribution in [2.45, 2.75) is 25.3 Å². The van der Waals surface area contributed by atoms with E-state index < -0.39 is 10.0 Å². The SMILES string of the molecule is CS(=O)(=O)N[C@H]1CCc2[nH]ncc2C1. The van der Waals surface area contributed by atoms with Gasteiger partial charge in [-0.3, -0.25) is 5.10 Å². The van der Waals surface area contributed by atoms with Crippen LogP contribution in [0.25, 0.3) is 0 Å². The Balaban J connectivity index is 2.08. The summed E-state index contributed by atoms with van der Waals surface area (Å²) in [6, 6.07) is 0.0232. The molecule has 0 saturated heterocycles. The van der Waals surface area contributed by atoms with E-state index >= 15 is 0 Å². The van der Waals surface area contributed by atoms with Crippen LogP contribution < -0.4 is 4.72 Å². The average molecular weight is 215 g/mol. The Bertz CT molecular complexity index is 424.